The average Bonchev–Trinajstić information content (AvgIpc) is 2.97. The molecule has 0 saturated carbocycles. The number of carbonyl (C=O) groups excluding carboxylic acids is 1. The molecule has 0 aliphatic heterocycles. The molecule has 1 aromatic carbocycles. The van der Waals surface area contributed by atoms with Crippen molar-refractivity contribution in [3.8, 4) is 11.3 Å². The Kier molecular flexibility index (Phi) is 5.57. The van der Waals surface area contributed by atoms with Crippen molar-refractivity contribution in [2.45, 2.75) is 26.4 Å². The number of halogens is 1. The highest BCUT2D eigenvalue weighted by Gasteiger charge is 2.18. The molecule has 1 unspecified atom stereocenters. The van der Waals surface area contributed by atoms with E-state index < -0.39 is 6.10 Å². The topological polar surface area (TPSA) is 75.4 Å². The fourth-order valence-corrected chi connectivity index (χ4v) is 2.10. The van der Waals surface area contributed by atoms with Crippen LogP contribution in [0.3, 0.4) is 0 Å². The van der Waals surface area contributed by atoms with Crippen molar-refractivity contribution in [2.75, 3.05) is 6.54 Å². The average molecular weight is 323 g/mol. The maximum atomic E-state index is 12.2. The van der Waals surface area contributed by atoms with Crippen molar-refractivity contribution in [3.05, 3.63) is 41.1 Å². The molecule has 0 aliphatic rings. The molecule has 0 spiro atoms. The summed E-state index contributed by atoms with van der Waals surface area (Å²) in [6.07, 6.45) is 1.39. The molecule has 0 fully saturated rings. The van der Waals surface area contributed by atoms with Gasteiger partial charge in [0.25, 0.3) is 5.91 Å². The van der Waals surface area contributed by atoms with Crippen LogP contribution in [0.2, 0.25) is 5.02 Å². The number of amides is 1. The van der Waals surface area contributed by atoms with Gasteiger partial charge in [0.15, 0.2) is 0 Å². The monoisotopic (exact) mass is 322 g/mol. The number of hydrogen-bond donors (Lipinski definition) is 2. The zero-order valence-corrected chi connectivity index (χ0v) is 13.3. The number of benzene rings is 1. The van der Waals surface area contributed by atoms with Gasteiger partial charge in [-0.1, -0.05) is 42.7 Å². The van der Waals surface area contributed by atoms with Gasteiger partial charge in [-0.05, 0) is 24.5 Å². The minimum absolute atomic E-state index is 0.164. The molecule has 5 nitrogen and oxygen atoms in total. The predicted molar refractivity (Wildman–Crippen MR) is 84.7 cm³/mol. The molecule has 0 bridgehead atoms. The van der Waals surface area contributed by atoms with Crippen molar-refractivity contribution in [2.24, 2.45) is 5.92 Å². The third-order valence-corrected chi connectivity index (χ3v) is 3.68. The van der Waals surface area contributed by atoms with Gasteiger partial charge in [0.2, 0.25) is 0 Å². The van der Waals surface area contributed by atoms with E-state index in [4.69, 9.17) is 16.1 Å². The van der Waals surface area contributed by atoms with Gasteiger partial charge in [0.05, 0.1) is 6.10 Å². The number of aliphatic hydroxyl groups excluding tert-OH is 1. The molecule has 1 heterocycles. The molecule has 2 N–H and O–H groups in total. The van der Waals surface area contributed by atoms with Gasteiger partial charge in [-0.15, -0.1) is 0 Å². The Balaban J connectivity index is 2.02. The summed E-state index contributed by atoms with van der Waals surface area (Å²) in [7, 11) is 0. The van der Waals surface area contributed by atoms with Crippen LogP contribution >= 0.6 is 11.6 Å². The predicted octanol–water partition coefficient (Wildman–Crippen LogP) is 3.13. The molecule has 1 amide bonds. The van der Waals surface area contributed by atoms with Gasteiger partial charge in [-0.3, -0.25) is 4.79 Å². The molecular weight excluding hydrogens is 304 g/mol. The zero-order chi connectivity index (χ0) is 16.1. The van der Waals surface area contributed by atoms with Gasteiger partial charge < -0.3 is 14.9 Å². The van der Waals surface area contributed by atoms with Crippen LogP contribution in [0.5, 0.6) is 0 Å². The van der Waals surface area contributed by atoms with E-state index in [2.05, 4.69) is 10.5 Å². The normalized spacial score (nSPS) is 12.4. The van der Waals surface area contributed by atoms with Gasteiger partial charge in [-0.25, -0.2) is 0 Å². The van der Waals surface area contributed by atoms with E-state index in [9.17, 15) is 9.90 Å². The first kappa shape index (κ1) is 16.5. The summed E-state index contributed by atoms with van der Waals surface area (Å²) in [5.74, 6) is -0.112. The lowest BCUT2D eigenvalue weighted by atomic mass is 10.0. The fraction of sp³-hybridized carbons (Fsp3) is 0.375. The van der Waals surface area contributed by atoms with Gasteiger partial charge >= 0.3 is 0 Å². The van der Waals surface area contributed by atoms with Gasteiger partial charge in [0, 0.05) is 17.1 Å². The highest BCUT2D eigenvalue weighted by atomic mass is 35.5. The van der Waals surface area contributed by atoms with E-state index in [1.54, 1.807) is 24.3 Å². The summed E-state index contributed by atoms with van der Waals surface area (Å²) in [5.41, 5.74) is 1.59. The third kappa shape index (κ3) is 4.08. The lowest BCUT2D eigenvalue weighted by Crippen LogP contribution is -2.28. The van der Waals surface area contributed by atoms with E-state index >= 15 is 0 Å². The van der Waals surface area contributed by atoms with Crippen molar-refractivity contribution in [1.82, 2.24) is 10.5 Å². The third-order valence-electron chi connectivity index (χ3n) is 3.43. The fourth-order valence-electron chi connectivity index (χ4n) is 1.98. The number of hydrogen-bond acceptors (Lipinski definition) is 4. The first-order valence-corrected chi connectivity index (χ1v) is 7.53. The maximum Gasteiger partial charge on any atom is 0.256 e. The lowest BCUT2D eigenvalue weighted by molar-refractivity contribution is 0.0920. The highest BCUT2D eigenvalue weighted by Crippen LogP contribution is 2.23. The quantitative estimate of drug-likeness (QED) is 0.856. The van der Waals surface area contributed by atoms with Gasteiger partial charge in [-0.2, -0.15) is 0 Å². The number of nitrogens with zero attached hydrogens (tertiary/aromatic N) is 1. The number of rotatable bonds is 6. The number of carbonyl (C=O) groups is 1. The van der Waals surface area contributed by atoms with Crippen molar-refractivity contribution < 1.29 is 14.4 Å². The molecule has 118 valence electrons. The molecular formula is C16H19ClN2O3. The summed E-state index contributed by atoms with van der Waals surface area (Å²) >= 11 is 5.85. The van der Waals surface area contributed by atoms with Crippen LogP contribution in [0.4, 0.5) is 0 Å². The van der Waals surface area contributed by atoms with E-state index in [0.29, 0.717) is 29.2 Å². The van der Waals surface area contributed by atoms with Crippen molar-refractivity contribution >= 4 is 17.5 Å². The molecule has 2 aromatic rings. The molecule has 0 aliphatic carbocycles. The van der Waals surface area contributed by atoms with Crippen LogP contribution in [0.25, 0.3) is 11.3 Å². The Morgan fingerprint density at radius 2 is 2.05 bits per heavy atom. The maximum absolute atomic E-state index is 12.2. The Hall–Kier alpha value is -1.85. The second kappa shape index (κ2) is 7.42. The largest absolute Gasteiger partial charge is 0.393 e. The van der Waals surface area contributed by atoms with E-state index in [-0.39, 0.29) is 11.8 Å². The van der Waals surface area contributed by atoms with Crippen LogP contribution in [0.15, 0.2) is 35.1 Å². The summed E-state index contributed by atoms with van der Waals surface area (Å²) in [5, 5.41) is 17.0. The number of aliphatic hydroxyl groups is 1. The van der Waals surface area contributed by atoms with Crippen molar-refractivity contribution in [1.29, 1.82) is 0 Å². The Morgan fingerprint density at radius 1 is 1.36 bits per heavy atom. The first-order chi connectivity index (χ1) is 10.5. The Labute approximate surface area is 134 Å². The minimum Gasteiger partial charge on any atom is -0.393 e. The molecule has 6 heteroatoms. The minimum atomic E-state index is -0.432. The van der Waals surface area contributed by atoms with Crippen LogP contribution in [-0.4, -0.2) is 28.8 Å². The number of nitrogens with one attached hydrogen (secondary N) is 1. The summed E-state index contributed by atoms with van der Waals surface area (Å²) in [6, 6.07) is 7.01. The molecule has 2 rings (SSSR count). The summed E-state index contributed by atoms with van der Waals surface area (Å²) in [6.45, 7) is 4.26. The van der Waals surface area contributed by atoms with Crippen LogP contribution in [0.1, 0.15) is 30.6 Å². The first-order valence-electron chi connectivity index (χ1n) is 7.15. The Morgan fingerprint density at radius 3 is 2.68 bits per heavy atom. The smallest absolute Gasteiger partial charge is 0.256 e. The zero-order valence-electron chi connectivity index (χ0n) is 12.5. The van der Waals surface area contributed by atoms with Crippen LogP contribution in [-0.2, 0) is 0 Å². The second-order valence-corrected chi connectivity index (χ2v) is 5.88. The van der Waals surface area contributed by atoms with Crippen LogP contribution in [0, 0.1) is 5.92 Å². The highest BCUT2D eigenvalue weighted by molar-refractivity contribution is 6.30. The van der Waals surface area contributed by atoms with Crippen LogP contribution < -0.4 is 5.32 Å². The van der Waals surface area contributed by atoms with Crippen molar-refractivity contribution in [3.63, 3.8) is 0 Å². The SMILES string of the molecule is CC(C)C(O)CCNC(=O)c1conc1-c1ccc(Cl)cc1. The summed E-state index contributed by atoms with van der Waals surface area (Å²) < 4.78 is 4.92. The van der Waals surface area contributed by atoms with E-state index in [1.807, 2.05) is 13.8 Å². The molecule has 0 saturated heterocycles. The molecule has 0 radical (unpaired) electrons. The van der Waals surface area contributed by atoms with E-state index in [0.717, 1.165) is 5.56 Å². The standard InChI is InChI=1S/C16H19ClN2O3/c1-10(2)14(20)7-8-18-16(21)13-9-22-19-15(13)11-3-5-12(17)6-4-11/h3-6,9-10,14,20H,7-8H2,1-2H3,(H,18,21). The molecule has 1 atom stereocenters. The van der Waals surface area contributed by atoms with Gasteiger partial charge in [0.1, 0.15) is 17.5 Å². The lowest BCUT2D eigenvalue weighted by Gasteiger charge is -2.14. The number of aromatic nitrogens is 1. The van der Waals surface area contributed by atoms with E-state index in [1.165, 1.54) is 6.26 Å². The molecule has 22 heavy (non-hydrogen) atoms. The Bertz CT molecular complexity index is 623. The summed E-state index contributed by atoms with van der Waals surface area (Å²) in [4.78, 5) is 12.2. The second-order valence-electron chi connectivity index (χ2n) is 5.44. The molecule has 1 aromatic heterocycles.